The molecule has 3 heteroatoms. The zero-order valence-electron chi connectivity index (χ0n) is 12.3. The molecule has 4 rings (SSSR count). The summed E-state index contributed by atoms with van der Waals surface area (Å²) in [5.41, 5.74) is 5.79. The minimum atomic E-state index is 0.199. The third-order valence-electron chi connectivity index (χ3n) is 4.73. The molecule has 1 aromatic heterocycles. The van der Waals surface area contributed by atoms with Crippen LogP contribution < -0.4 is 4.90 Å². The lowest BCUT2D eigenvalue weighted by Crippen LogP contribution is -2.37. The normalized spacial score (nSPS) is 19.9. The largest absolute Gasteiger partial charge is 0.334 e. The maximum absolute atomic E-state index is 11.9. The molecule has 2 aliphatic heterocycles. The molecule has 1 atom stereocenters. The van der Waals surface area contributed by atoms with Crippen LogP contribution in [0.15, 0.2) is 53.9 Å². The standard InChI is InChI=1S/C18H18N2O/c1-12-14(13(2)21)9-10-18-16-8-5-11-19(16)15-6-3-4-7-17(15)20(12)18/h3-8,11,18H,9-10H2,1-2H3. The SMILES string of the molecule is CC(=O)C1=C(C)N2c3ccccc3-n3cccc3C2CC1. The molecule has 2 aliphatic rings. The molecule has 0 spiro atoms. The average Bonchev–Trinajstić information content (AvgIpc) is 2.96. The molecule has 21 heavy (non-hydrogen) atoms. The van der Waals surface area contributed by atoms with Crippen molar-refractivity contribution in [2.24, 2.45) is 0 Å². The predicted molar refractivity (Wildman–Crippen MR) is 83.6 cm³/mol. The van der Waals surface area contributed by atoms with E-state index in [-0.39, 0.29) is 5.78 Å². The minimum absolute atomic E-state index is 0.199. The number of benzene rings is 1. The molecule has 1 unspecified atom stereocenters. The molecule has 3 heterocycles. The first kappa shape index (κ1) is 12.5. The highest BCUT2D eigenvalue weighted by atomic mass is 16.1. The van der Waals surface area contributed by atoms with Gasteiger partial charge in [-0.05, 0) is 51.0 Å². The minimum Gasteiger partial charge on any atom is -0.334 e. The highest BCUT2D eigenvalue weighted by Crippen LogP contribution is 2.46. The van der Waals surface area contributed by atoms with Gasteiger partial charge in [-0.2, -0.15) is 0 Å². The highest BCUT2D eigenvalue weighted by Gasteiger charge is 2.35. The lowest BCUT2D eigenvalue weighted by molar-refractivity contribution is -0.113. The van der Waals surface area contributed by atoms with E-state index in [1.54, 1.807) is 6.92 Å². The van der Waals surface area contributed by atoms with Crippen LogP contribution in [-0.2, 0) is 4.79 Å². The summed E-state index contributed by atoms with van der Waals surface area (Å²) in [4.78, 5) is 14.3. The van der Waals surface area contributed by atoms with Crippen molar-refractivity contribution in [3.8, 4) is 5.69 Å². The Labute approximate surface area is 124 Å². The molecule has 2 aromatic rings. The zero-order valence-corrected chi connectivity index (χ0v) is 12.3. The van der Waals surface area contributed by atoms with Gasteiger partial charge >= 0.3 is 0 Å². The average molecular weight is 278 g/mol. The third kappa shape index (κ3) is 1.63. The smallest absolute Gasteiger partial charge is 0.157 e. The fourth-order valence-electron chi connectivity index (χ4n) is 3.79. The van der Waals surface area contributed by atoms with Crippen molar-refractivity contribution < 1.29 is 4.79 Å². The fourth-order valence-corrected chi connectivity index (χ4v) is 3.79. The van der Waals surface area contributed by atoms with Gasteiger partial charge in [-0.25, -0.2) is 0 Å². The quantitative estimate of drug-likeness (QED) is 0.788. The maximum Gasteiger partial charge on any atom is 0.157 e. The number of allylic oxidation sites excluding steroid dienone is 2. The second kappa shape index (κ2) is 4.35. The number of anilines is 1. The Morgan fingerprint density at radius 3 is 2.67 bits per heavy atom. The number of Topliss-reactive ketones (excluding diaryl/α,β-unsaturated/α-hetero) is 1. The summed E-state index contributed by atoms with van der Waals surface area (Å²) in [5, 5.41) is 0. The molecule has 3 nitrogen and oxygen atoms in total. The maximum atomic E-state index is 11.9. The first-order valence-electron chi connectivity index (χ1n) is 7.45. The second-order valence-electron chi connectivity index (χ2n) is 5.84. The summed E-state index contributed by atoms with van der Waals surface area (Å²) in [6, 6.07) is 13.1. The first-order valence-corrected chi connectivity index (χ1v) is 7.45. The van der Waals surface area contributed by atoms with E-state index in [9.17, 15) is 4.79 Å². The molecule has 1 aromatic carbocycles. The Balaban J connectivity index is 1.99. The Morgan fingerprint density at radius 1 is 1.14 bits per heavy atom. The van der Waals surface area contributed by atoms with Gasteiger partial charge in [0.05, 0.1) is 17.4 Å². The van der Waals surface area contributed by atoms with Gasteiger partial charge < -0.3 is 9.47 Å². The summed E-state index contributed by atoms with van der Waals surface area (Å²) in [5.74, 6) is 0.199. The van der Waals surface area contributed by atoms with Crippen molar-refractivity contribution in [2.45, 2.75) is 32.7 Å². The Kier molecular flexibility index (Phi) is 2.58. The van der Waals surface area contributed by atoms with Crippen molar-refractivity contribution in [3.05, 3.63) is 59.6 Å². The molecule has 0 fully saturated rings. The lowest BCUT2D eigenvalue weighted by Gasteiger charge is -2.43. The van der Waals surface area contributed by atoms with Crippen molar-refractivity contribution >= 4 is 11.5 Å². The van der Waals surface area contributed by atoms with Crippen LogP contribution in [0.1, 0.15) is 38.4 Å². The van der Waals surface area contributed by atoms with Gasteiger partial charge in [0.15, 0.2) is 5.78 Å². The number of aromatic nitrogens is 1. The number of carbonyl (C=O) groups excluding carboxylic acids is 1. The molecule has 0 saturated carbocycles. The van der Waals surface area contributed by atoms with E-state index in [4.69, 9.17) is 0 Å². The van der Waals surface area contributed by atoms with Crippen LogP contribution in [0, 0.1) is 0 Å². The van der Waals surface area contributed by atoms with E-state index < -0.39 is 0 Å². The second-order valence-corrected chi connectivity index (χ2v) is 5.84. The summed E-state index contributed by atoms with van der Waals surface area (Å²) in [6.45, 7) is 3.76. The molecule has 0 saturated heterocycles. The zero-order chi connectivity index (χ0) is 14.6. The topological polar surface area (TPSA) is 25.2 Å². The number of fused-ring (bicyclic) bond motifs is 6. The highest BCUT2D eigenvalue weighted by molar-refractivity contribution is 5.95. The van der Waals surface area contributed by atoms with Crippen LogP contribution in [0.2, 0.25) is 0 Å². The Hall–Kier alpha value is -2.29. The van der Waals surface area contributed by atoms with E-state index in [0.717, 1.165) is 24.1 Å². The van der Waals surface area contributed by atoms with E-state index >= 15 is 0 Å². The van der Waals surface area contributed by atoms with E-state index in [0.29, 0.717) is 6.04 Å². The number of hydrogen-bond donors (Lipinski definition) is 0. The van der Waals surface area contributed by atoms with Crippen LogP contribution in [0.3, 0.4) is 0 Å². The van der Waals surface area contributed by atoms with Gasteiger partial charge in [-0.1, -0.05) is 12.1 Å². The van der Waals surface area contributed by atoms with Crippen molar-refractivity contribution in [2.75, 3.05) is 4.90 Å². The summed E-state index contributed by atoms with van der Waals surface area (Å²) in [6.07, 6.45) is 3.99. The Bertz CT molecular complexity index is 769. The van der Waals surface area contributed by atoms with Gasteiger partial charge in [-0.15, -0.1) is 0 Å². The van der Waals surface area contributed by atoms with Crippen LogP contribution in [0.5, 0.6) is 0 Å². The molecule has 0 amide bonds. The number of ketones is 1. The fraction of sp³-hybridized carbons (Fsp3) is 0.278. The van der Waals surface area contributed by atoms with Gasteiger partial charge in [0.1, 0.15) is 0 Å². The monoisotopic (exact) mass is 278 g/mol. The number of carbonyl (C=O) groups is 1. The van der Waals surface area contributed by atoms with E-state index in [1.807, 2.05) is 0 Å². The predicted octanol–water partition coefficient (Wildman–Crippen LogP) is 4.00. The van der Waals surface area contributed by atoms with E-state index in [1.165, 1.54) is 17.1 Å². The Morgan fingerprint density at radius 2 is 1.90 bits per heavy atom. The summed E-state index contributed by atoms with van der Waals surface area (Å²) >= 11 is 0. The molecule has 0 radical (unpaired) electrons. The van der Waals surface area contributed by atoms with Crippen molar-refractivity contribution in [1.29, 1.82) is 0 Å². The van der Waals surface area contributed by atoms with E-state index in [2.05, 4.69) is 59.0 Å². The number of nitrogens with zero attached hydrogens (tertiary/aromatic N) is 2. The van der Waals surface area contributed by atoms with Crippen LogP contribution in [0.4, 0.5) is 5.69 Å². The molecular formula is C18H18N2O. The molecule has 106 valence electrons. The third-order valence-corrected chi connectivity index (χ3v) is 4.73. The van der Waals surface area contributed by atoms with Crippen LogP contribution in [-0.4, -0.2) is 10.4 Å². The van der Waals surface area contributed by atoms with Crippen molar-refractivity contribution in [3.63, 3.8) is 0 Å². The number of para-hydroxylation sites is 2. The van der Waals surface area contributed by atoms with Crippen molar-refractivity contribution in [1.82, 2.24) is 4.57 Å². The van der Waals surface area contributed by atoms with Gasteiger partial charge in [0.2, 0.25) is 0 Å². The lowest BCUT2D eigenvalue weighted by atomic mass is 9.90. The van der Waals surface area contributed by atoms with Crippen LogP contribution in [0.25, 0.3) is 5.69 Å². The van der Waals surface area contributed by atoms with Gasteiger partial charge in [0, 0.05) is 23.2 Å². The summed E-state index contributed by atoms with van der Waals surface area (Å²) < 4.78 is 2.28. The molecule has 0 bridgehead atoms. The van der Waals surface area contributed by atoms with Gasteiger partial charge in [0.25, 0.3) is 0 Å². The first-order chi connectivity index (χ1) is 10.2. The number of rotatable bonds is 1. The van der Waals surface area contributed by atoms with Crippen LogP contribution >= 0.6 is 0 Å². The van der Waals surface area contributed by atoms with Gasteiger partial charge in [-0.3, -0.25) is 4.79 Å². The molecular weight excluding hydrogens is 260 g/mol. The summed E-state index contributed by atoms with van der Waals surface area (Å²) in [7, 11) is 0. The molecule has 0 aliphatic carbocycles. The molecule has 0 N–H and O–H groups in total. The number of hydrogen-bond acceptors (Lipinski definition) is 2.